The molecular weight excluding hydrogens is 207 g/mol. The topological polar surface area (TPSA) is 0 Å². The summed E-state index contributed by atoms with van der Waals surface area (Å²) in [6.07, 6.45) is 2.76. The largest absolute Gasteiger partial charge is 0.408 e. The third-order valence-corrected chi connectivity index (χ3v) is 3.81. The molecule has 0 bridgehead atoms. The Morgan fingerprint density at radius 1 is 1.15 bits per heavy atom. The molecule has 70 valence electrons. The molecule has 0 saturated heterocycles. The summed E-state index contributed by atoms with van der Waals surface area (Å²) < 4.78 is 3.08. The highest BCUT2D eigenvalue weighted by Crippen LogP contribution is 1.93. The molecule has 0 aliphatic carbocycles. The average Bonchev–Trinajstić information content (AvgIpc) is 2.07. The van der Waals surface area contributed by atoms with Crippen LogP contribution >= 0.6 is 12.4 Å². The highest BCUT2D eigenvalue weighted by molar-refractivity contribution is 6.53. The van der Waals surface area contributed by atoms with E-state index < -0.39 is 0 Å². The van der Waals surface area contributed by atoms with Gasteiger partial charge in [-0.05, 0) is 0 Å². The molecule has 1 rings (SSSR count). The molecule has 0 amide bonds. The van der Waals surface area contributed by atoms with Gasteiger partial charge in [-0.3, -0.25) is 0 Å². The minimum absolute atomic E-state index is 0. The van der Waals surface area contributed by atoms with Crippen molar-refractivity contribution < 1.29 is 0 Å². The van der Waals surface area contributed by atoms with E-state index in [-0.39, 0.29) is 50.1 Å². The number of hydrogen-bond acceptors (Lipinski definition) is 0. The standard InChI is InChI=1S/C6H5.C4H9.Al.ClH.Mg.3H/c1-2-4-6-5-3-1;1-3-4-2;;;;;;/h1-5H;1,3-4H2,2H3;;1H;;;;. The Bertz CT molecular complexity index is 191. The second-order valence-corrected chi connectivity index (χ2v) is 4.97. The van der Waals surface area contributed by atoms with Crippen LogP contribution in [0.4, 0.5) is 0 Å². The van der Waals surface area contributed by atoms with Crippen LogP contribution in [0.5, 0.6) is 0 Å². The van der Waals surface area contributed by atoms with Crippen molar-refractivity contribution >= 4 is 53.8 Å². The predicted molar refractivity (Wildman–Crippen MR) is 68.7 cm³/mol. The Morgan fingerprint density at radius 3 is 2.31 bits per heavy atom. The van der Waals surface area contributed by atoms with Gasteiger partial charge in [0.15, 0.2) is 17.4 Å². The third-order valence-electron chi connectivity index (χ3n) is 1.91. The molecule has 0 fully saturated rings. The van der Waals surface area contributed by atoms with E-state index in [1.165, 1.54) is 17.4 Å². The summed E-state index contributed by atoms with van der Waals surface area (Å²) in [4.78, 5) is 0. The third kappa shape index (κ3) is 7.85. The minimum atomic E-state index is 0. The van der Waals surface area contributed by atoms with Crippen molar-refractivity contribution in [3.05, 3.63) is 30.3 Å². The van der Waals surface area contributed by atoms with Crippen molar-refractivity contribution in [3.63, 3.8) is 0 Å². The van der Waals surface area contributed by atoms with Gasteiger partial charge in [-0.25, -0.2) is 0 Å². The van der Waals surface area contributed by atoms with E-state index in [0.717, 1.165) is 0 Å². The molecule has 0 nitrogen and oxygen atoms in total. The van der Waals surface area contributed by atoms with Gasteiger partial charge in [0.1, 0.15) is 0 Å². The van der Waals surface area contributed by atoms with Crippen molar-refractivity contribution in [2.24, 2.45) is 0 Å². The van der Waals surface area contributed by atoms with Crippen LogP contribution in [-0.2, 0) is 0 Å². The molecule has 0 aliphatic rings. The first-order chi connectivity index (χ1) is 5.43. The zero-order valence-electron chi connectivity index (χ0n) is 7.62. The van der Waals surface area contributed by atoms with Crippen molar-refractivity contribution in [1.29, 1.82) is 0 Å². The second-order valence-electron chi connectivity index (χ2n) is 2.94. The zero-order valence-corrected chi connectivity index (χ0v) is 9.85. The monoisotopic (exact) mass is 224 g/mol. The molecule has 0 saturated carbocycles. The van der Waals surface area contributed by atoms with Crippen LogP contribution < -0.4 is 3.69 Å². The Balaban J connectivity index is 0. The minimum Gasteiger partial charge on any atom is -0.174 e. The zero-order chi connectivity index (χ0) is 7.94. The first-order valence-electron chi connectivity index (χ1n) is 4.47. The van der Waals surface area contributed by atoms with Crippen LogP contribution in [0.15, 0.2) is 30.3 Å². The van der Waals surface area contributed by atoms with Crippen molar-refractivity contribution in [3.8, 4) is 0 Å². The maximum absolute atomic E-state index is 2.27. The van der Waals surface area contributed by atoms with Crippen LogP contribution in [0.25, 0.3) is 0 Å². The molecular formula is C10H18AlClMg. The number of halogens is 1. The molecule has 1 aromatic carbocycles. The van der Waals surface area contributed by atoms with Gasteiger partial charge in [-0.15, -0.1) is 17.0 Å². The van der Waals surface area contributed by atoms with Gasteiger partial charge in [0.2, 0.25) is 0 Å². The van der Waals surface area contributed by atoms with E-state index >= 15 is 0 Å². The highest BCUT2D eigenvalue weighted by Gasteiger charge is 1.95. The highest BCUT2D eigenvalue weighted by atomic mass is 35.5. The first-order valence-corrected chi connectivity index (χ1v) is 6.18. The van der Waals surface area contributed by atoms with E-state index in [1.54, 1.807) is 3.69 Å². The fourth-order valence-corrected chi connectivity index (χ4v) is 2.99. The molecule has 0 N–H and O–H groups in total. The van der Waals surface area contributed by atoms with Crippen LogP contribution in [-0.4, -0.2) is 37.7 Å². The molecule has 0 radical (unpaired) electrons. The summed E-state index contributed by atoms with van der Waals surface area (Å²) in [6.45, 7) is 2.26. The van der Waals surface area contributed by atoms with Gasteiger partial charge < -0.3 is 0 Å². The number of hydrogen-bond donors (Lipinski definition) is 0. The molecule has 0 unspecified atom stereocenters. The van der Waals surface area contributed by atoms with Crippen LogP contribution in [0, 0.1) is 0 Å². The maximum atomic E-state index is 2.27. The average molecular weight is 225 g/mol. The van der Waals surface area contributed by atoms with Gasteiger partial charge >= 0.3 is 20.4 Å². The van der Waals surface area contributed by atoms with Gasteiger partial charge in [0.25, 0.3) is 0 Å². The van der Waals surface area contributed by atoms with E-state index in [9.17, 15) is 0 Å². The van der Waals surface area contributed by atoms with Gasteiger partial charge in [-0.2, -0.15) is 3.69 Å². The summed E-state index contributed by atoms with van der Waals surface area (Å²) >= 11 is 0.0776. The fourth-order valence-electron chi connectivity index (χ4n) is 1.22. The number of benzene rings is 1. The smallest absolute Gasteiger partial charge is 0.174 e. The molecule has 0 atom stereocenters. The molecule has 13 heavy (non-hydrogen) atoms. The molecule has 0 spiro atoms. The summed E-state index contributed by atoms with van der Waals surface area (Å²) in [5.41, 5.74) is 0. The first kappa shape index (κ1) is 16.2. The lowest BCUT2D eigenvalue weighted by Gasteiger charge is -1.96. The van der Waals surface area contributed by atoms with E-state index in [4.69, 9.17) is 0 Å². The van der Waals surface area contributed by atoms with E-state index in [0.29, 0.717) is 0 Å². The fraction of sp³-hybridized carbons (Fsp3) is 0.400. The van der Waals surface area contributed by atoms with Gasteiger partial charge in [0, 0.05) is 0 Å². The van der Waals surface area contributed by atoms with Crippen LogP contribution in [0.3, 0.4) is 0 Å². The van der Waals surface area contributed by atoms with Crippen molar-refractivity contribution in [2.75, 3.05) is 0 Å². The Hall–Kier alpha value is 0.809. The summed E-state index contributed by atoms with van der Waals surface area (Å²) in [6, 6.07) is 10.9. The molecule has 0 heterocycles. The molecule has 3 heteroatoms. The summed E-state index contributed by atoms with van der Waals surface area (Å²) in [5.74, 6) is 0. The lowest BCUT2D eigenvalue weighted by molar-refractivity contribution is 0.881. The predicted octanol–water partition coefficient (Wildman–Crippen LogP) is 1.47. The molecule has 0 aromatic heterocycles. The van der Waals surface area contributed by atoms with Gasteiger partial charge in [-0.1, -0.05) is 50.1 Å². The van der Waals surface area contributed by atoms with E-state index in [2.05, 4.69) is 37.3 Å². The lowest BCUT2D eigenvalue weighted by Crippen LogP contribution is -2.11. The van der Waals surface area contributed by atoms with Crippen molar-refractivity contribution in [1.82, 2.24) is 0 Å². The second kappa shape index (κ2) is 10.9. The van der Waals surface area contributed by atoms with Crippen LogP contribution in [0.1, 0.15) is 19.8 Å². The maximum Gasteiger partial charge on any atom is 0.408 e. The summed E-state index contributed by atoms with van der Waals surface area (Å²) in [5, 5.41) is 0. The SMILES string of the molecule is CCC[CH2][Mg][c]1ccccc1.Cl.[AlH3]. The Labute approximate surface area is 108 Å². The quantitative estimate of drug-likeness (QED) is 0.537. The number of unbranched alkanes of at least 4 members (excludes halogenated alkanes) is 1. The lowest BCUT2D eigenvalue weighted by atomic mass is 10.4. The Morgan fingerprint density at radius 2 is 1.77 bits per heavy atom. The summed E-state index contributed by atoms with van der Waals surface area (Å²) in [7, 11) is 0. The Kier molecular flexibility index (Phi) is 13.6. The van der Waals surface area contributed by atoms with Crippen molar-refractivity contribution in [2.45, 2.75) is 24.3 Å². The van der Waals surface area contributed by atoms with E-state index in [1.807, 2.05) is 0 Å². The molecule has 1 aromatic rings. The van der Waals surface area contributed by atoms with Crippen LogP contribution in [0.2, 0.25) is 4.55 Å². The number of rotatable bonds is 4. The normalized spacial score (nSPS) is 7.77. The van der Waals surface area contributed by atoms with Gasteiger partial charge in [0.05, 0.1) is 0 Å². The molecule has 0 aliphatic heterocycles.